The molecule has 1 unspecified atom stereocenters. The second-order valence-corrected chi connectivity index (χ2v) is 9.23. The number of hydrogen-bond acceptors (Lipinski definition) is 5. The van der Waals surface area contributed by atoms with Gasteiger partial charge in [-0.25, -0.2) is 4.98 Å². The first-order chi connectivity index (χ1) is 16.9. The van der Waals surface area contributed by atoms with Gasteiger partial charge in [0.25, 0.3) is 0 Å². The molecule has 0 aliphatic rings. The average Bonchev–Trinajstić information content (AvgIpc) is 3.52. The van der Waals surface area contributed by atoms with Crippen LogP contribution in [-0.2, 0) is 12.6 Å². The van der Waals surface area contributed by atoms with Crippen LogP contribution in [0.15, 0.2) is 85.3 Å². The molecule has 0 spiro atoms. The van der Waals surface area contributed by atoms with Crippen LogP contribution in [0.2, 0.25) is 10.0 Å². The molecule has 0 radical (unpaired) electrons. The summed E-state index contributed by atoms with van der Waals surface area (Å²) in [5, 5.41) is 26.5. The lowest BCUT2D eigenvalue weighted by molar-refractivity contribution is 0.117. The van der Waals surface area contributed by atoms with Gasteiger partial charge in [-0.15, -0.1) is 5.10 Å². The second-order valence-electron chi connectivity index (χ2n) is 8.36. The third-order valence-corrected chi connectivity index (χ3v) is 6.74. The van der Waals surface area contributed by atoms with Gasteiger partial charge in [-0.1, -0.05) is 53.5 Å². The standard InChI is InChI=1S/C26H18Cl2N6O/c1-33-15-29-14-24(33)26(35,17-5-3-7-20(28)11-17)18-8-9-23-22(12-18)21(13-25-30-31-32-34(23)25)16-4-2-6-19(27)10-16/h2-15,35H,1H3. The first kappa shape index (κ1) is 21.7. The van der Waals surface area contributed by atoms with E-state index in [-0.39, 0.29) is 0 Å². The number of benzene rings is 3. The Morgan fingerprint density at radius 3 is 2.40 bits per heavy atom. The zero-order chi connectivity index (χ0) is 24.2. The summed E-state index contributed by atoms with van der Waals surface area (Å²) in [5.74, 6) is 0. The van der Waals surface area contributed by atoms with Gasteiger partial charge in [-0.3, -0.25) is 0 Å². The Hall–Kier alpha value is -3.78. The topological polar surface area (TPSA) is 81.1 Å². The number of tetrazole rings is 1. The normalized spacial score (nSPS) is 13.4. The monoisotopic (exact) mass is 500 g/mol. The third-order valence-electron chi connectivity index (χ3n) is 6.27. The molecule has 3 heterocycles. The second kappa shape index (κ2) is 8.16. The van der Waals surface area contributed by atoms with Crippen LogP contribution in [0.4, 0.5) is 0 Å². The number of nitrogens with zero attached hydrogens (tertiary/aromatic N) is 6. The minimum atomic E-state index is -1.52. The van der Waals surface area contributed by atoms with Gasteiger partial charge in [0, 0.05) is 22.5 Å². The van der Waals surface area contributed by atoms with Crippen LogP contribution in [0.3, 0.4) is 0 Å². The van der Waals surface area contributed by atoms with Gasteiger partial charge in [0.1, 0.15) is 0 Å². The number of aliphatic hydroxyl groups is 1. The molecular formula is C26H18Cl2N6O. The van der Waals surface area contributed by atoms with E-state index in [0.29, 0.717) is 32.5 Å². The largest absolute Gasteiger partial charge is 0.374 e. The van der Waals surface area contributed by atoms with Crippen LogP contribution in [0.5, 0.6) is 0 Å². The zero-order valence-corrected chi connectivity index (χ0v) is 20.0. The van der Waals surface area contributed by atoms with Gasteiger partial charge in [0.2, 0.25) is 0 Å². The van der Waals surface area contributed by atoms with Crippen molar-refractivity contribution in [2.45, 2.75) is 5.60 Å². The minimum Gasteiger partial charge on any atom is -0.374 e. The van der Waals surface area contributed by atoms with Crippen molar-refractivity contribution in [1.82, 2.24) is 29.6 Å². The van der Waals surface area contributed by atoms with Gasteiger partial charge in [-0.2, -0.15) is 4.52 Å². The van der Waals surface area contributed by atoms with E-state index < -0.39 is 5.60 Å². The highest BCUT2D eigenvalue weighted by Crippen LogP contribution is 2.40. The number of aromatic nitrogens is 6. The third kappa shape index (κ3) is 3.47. The Balaban J connectivity index is 1.69. The van der Waals surface area contributed by atoms with Crippen molar-refractivity contribution in [1.29, 1.82) is 0 Å². The SMILES string of the molecule is Cn1cncc1C(O)(c1cccc(Cl)c1)c1ccc2c(c1)c(-c1cccc(Cl)c1)cc1nnnn12. The predicted molar refractivity (Wildman–Crippen MR) is 135 cm³/mol. The Kier molecular flexibility index (Phi) is 5.07. The summed E-state index contributed by atoms with van der Waals surface area (Å²) in [6.45, 7) is 0. The lowest BCUT2D eigenvalue weighted by Gasteiger charge is -2.30. The Bertz CT molecular complexity index is 1730. The number of halogens is 2. The molecule has 0 fully saturated rings. The number of fused-ring (bicyclic) bond motifs is 3. The summed E-state index contributed by atoms with van der Waals surface area (Å²) >= 11 is 12.7. The number of rotatable bonds is 4. The molecule has 172 valence electrons. The van der Waals surface area contributed by atoms with Gasteiger partial charge in [0.05, 0.1) is 23.7 Å². The minimum absolute atomic E-state index is 0.527. The molecule has 6 rings (SSSR count). The molecule has 0 saturated carbocycles. The molecule has 0 bridgehead atoms. The Morgan fingerprint density at radius 1 is 0.886 bits per heavy atom. The summed E-state index contributed by atoms with van der Waals surface area (Å²) in [6, 6.07) is 22.5. The highest BCUT2D eigenvalue weighted by atomic mass is 35.5. The lowest BCUT2D eigenvalue weighted by atomic mass is 9.82. The molecule has 1 N–H and O–H groups in total. The molecule has 0 aliphatic carbocycles. The predicted octanol–water partition coefficient (Wildman–Crippen LogP) is 5.27. The quantitative estimate of drug-likeness (QED) is 0.356. The van der Waals surface area contributed by atoms with E-state index in [0.717, 1.165) is 22.0 Å². The maximum Gasteiger partial charge on any atom is 0.180 e. The summed E-state index contributed by atoms with van der Waals surface area (Å²) in [6.07, 6.45) is 3.32. The van der Waals surface area contributed by atoms with Crippen molar-refractivity contribution in [2.75, 3.05) is 0 Å². The van der Waals surface area contributed by atoms with Crippen LogP contribution in [0.25, 0.3) is 27.7 Å². The molecule has 0 amide bonds. The van der Waals surface area contributed by atoms with Gasteiger partial charge < -0.3 is 9.67 Å². The fourth-order valence-electron chi connectivity index (χ4n) is 4.60. The number of pyridine rings is 1. The highest BCUT2D eigenvalue weighted by molar-refractivity contribution is 6.31. The fraction of sp³-hybridized carbons (Fsp3) is 0.0769. The molecule has 9 heteroatoms. The zero-order valence-electron chi connectivity index (χ0n) is 18.5. The van der Waals surface area contributed by atoms with E-state index in [1.54, 1.807) is 33.7 Å². The maximum atomic E-state index is 12.4. The van der Waals surface area contributed by atoms with Crippen LogP contribution >= 0.6 is 23.2 Å². The van der Waals surface area contributed by atoms with Crippen molar-refractivity contribution in [3.63, 3.8) is 0 Å². The van der Waals surface area contributed by atoms with E-state index in [4.69, 9.17) is 23.2 Å². The Labute approximate surface area is 210 Å². The van der Waals surface area contributed by atoms with E-state index in [1.165, 1.54) is 0 Å². The molecule has 1 atom stereocenters. The molecule has 35 heavy (non-hydrogen) atoms. The molecule has 0 saturated heterocycles. The molecule has 3 aromatic carbocycles. The van der Waals surface area contributed by atoms with Crippen molar-refractivity contribution in [3.8, 4) is 11.1 Å². The first-order valence-electron chi connectivity index (χ1n) is 10.8. The van der Waals surface area contributed by atoms with Crippen LogP contribution in [-0.4, -0.2) is 34.7 Å². The van der Waals surface area contributed by atoms with Crippen molar-refractivity contribution in [2.24, 2.45) is 7.05 Å². The number of imidazole rings is 1. The smallest absolute Gasteiger partial charge is 0.180 e. The fourth-order valence-corrected chi connectivity index (χ4v) is 4.98. The average molecular weight is 501 g/mol. The van der Waals surface area contributed by atoms with Crippen LogP contribution in [0.1, 0.15) is 16.8 Å². The van der Waals surface area contributed by atoms with Crippen LogP contribution < -0.4 is 0 Å². The molecule has 0 aliphatic heterocycles. The van der Waals surface area contributed by atoms with E-state index >= 15 is 0 Å². The molecule has 6 aromatic rings. The lowest BCUT2D eigenvalue weighted by Crippen LogP contribution is -2.31. The van der Waals surface area contributed by atoms with Gasteiger partial charge in [-0.05, 0) is 75.1 Å². The number of hydrogen-bond donors (Lipinski definition) is 1. The Morgan fingerprint density at radius 2 is 1.66 bits per heavy atom. The highest BCUT2D eigenvalue weighted by Gasteiger charge is 2.37. The molecular weight excluding hydrogens is 483 g/mol. The molecule has 7 nitrogen and oxygen atoms in total. The van der Waals surface area contributed by atoms with E-state index in [1.807, 2.05) is 67.7 Å². The van der Waals surface area contributed by atoms with E-state index in [2.05, 4.69) is 20.5 Å². The van der Waals surface area contributed by atoms with Crippen LogP contribution in [0, 0.1) is 0 Å². The van der Waals surface area contributed by atoms with Crippen molar-refractivity contribution >= 4 is 39.8 Å². The van der Waals surface area contributed by atoms with E-state index in [9.17, 15) is 5.11 Å². The summed E-state index contributed by atoms with van der Waals surface area (Å²) in [5.41, 5.74) is 3.56. The summed E-state index contributed by atoms with van der Waals surface area (Å²) < 4.78 is 3.48. The summed E-state index contributed by atoms with van der Waals surface area (Å²) in [4.78, 5) is 4.26. The maximum absolute atomic E-state index is 12.4. The molecule has 3 aromatic heterocycles. The van der Waals surface area contributed by atoms with Gasteiger partial charge >= 0.3 is 0 Å². The van der Waals surface area contributed by atoms with Crippen molar-refractivity contribution < 1.29 is 5.11 Å². The van der Waals surface area contributed by atoms with Gasteiger partial charge in [0.15, 0.2) is 11.2 Å². The van der Waals surface area contributed by atoms with Crippen molar-refractivity contribution in [3.05, 3.63) is 112 Å². The number of aryl methyl sites for hydroxylation is 1. The first-order valence-corrected chi connectivity index (χ1v) is 11.6. The summed E-state index contributed by atoms with van der Waals surface area (Å²) in [7, 11) is 1.85.